The number of hydrogen-bond acceptors (Lipinski definition) is 3. The van der Waals surface area contributed by atoms with Crippen LogP contribution in [-0.4, -0.2) is 30.9 Å². The highest BCUT2D eigenvalue weighted by atomic mass is 16.5. The number of para-hydroxylation sites is 1. The topological polar surface area (TPSA) is 49.9 Å². The van der Waals surface area contributed by atoms with E-state index < -0.39 is 0 Å². The van der Waals surface area contributed by atoms with Crippen molar-refractivity contribution in [2.45, 2.75) is 6.42 Å². The van der Waals surface area contributed by atoms with Crippen molar-refractivity contribution in [3.63, 3.8) is 0 Å². The number of hydrogen-bond donors (Lipinski definition) is 2. The molecule has 0 radical (unpaired) electrons. The Morgan fingerprint density at radius 2 is 2.18 bits per heavy atom. The first-order chi connectivity index (χ1) is 8.36. The third-order valence-electron chi connectivity index (χ3n) is 2.74. The highest BCUT2D eigenvalue weighted by molar-refractivity contribution is 5.69. The van der Waals surface area contributed by atoms with Gasteiger partial charge in [0.1, 0.15) is 5.75 Å². The van der Waals surface area contributed by atoms with Crippen LogP contribution >= 0.6 is 0 Å². The molecule has 0 saturated carbocycles. The van der Waals surface area contributed by atoms with Gasteiger partial charge in [0.05, 0.1) is 19.0 Å². The van der Waals surface area contributed by atoms with E-state index in [9.17, 15) is 0 Å². The van der Waals surface area contributed by atoms with E-state index in [-0.39, 0.29) is 0 Å². The number of ether oxygens (including phenoxy) is 1. The van der Waals surface area contributed by atoms with Crippen LogP contribution in [-0.2, 0) is 6.42 Å². The van der Waals surface area contributed by atoms with Crippen molar-refractivity contribution in [2.24, 2.45) is 0 Å². The number of nitrogens with one attached hydrogen (secondary N) is 2. The summed E-state index contributed by atoms with van der Waals surface area (Å²) in [5, 5.41) is 10.3. The van der Waals surface area contributed by atoms with Gasteiger partial charge in [-0.15, -0.1) is 0 Å². The molecule has 90 valence electrons. The van der Waals surface area contributed by atoms with Crippen molar-refractivity contribution in [1.29, 1.82) is 0 Å². The van der Waals surface area contributed by atoms with Crippen LogP contribution in [0.4, 0.5) is 0 Å². The Hall–Kier alpha value is -1.81. The van der Waals surface area contributed by atoms with E-state index in [0.717, 1.165) is 30.0 Å². The van der Waals surface area contributed by atoms with E-state index in [0.29, 0.717) is 0 Å². The van der Waals surface area contributed by atoms with E-state index in [1.807, 2.05) is 37.5 Å². The third kappa shape index (κ3) is 2.47. The van der Waals surface area contributed by atoms with Crippen molar-refractivity contribution in [1.82, 2.24) is 15.5 Å². The maximum absolute atomic E-state index is 5.37. The Morgan fingerprint density at radius 3 is 2.94 bits per heavy atom. The zero-order valence-electron chi connectivity index (χ0n) is 10.2. The highest BCUT2D eigenvalue weighted by Gasteiger charge is 2.11. The third-order valence-corrected chi connectivity index (χ3v) is 2.74. The molecule has 0 aliphatic heterocycles. The molecule has 0 spiro atoms. The molecule has 0 amide bonds. The second kappa shape index (κ2) is 5.50. The summed E-state index contributed by atoms with van der Waals surface area (Å²) in [5.41, 5.74) is 3.29. The van der Waals surface area contributed by atoms with Gasteiger partial charge >= 0.3 is 0 Å². The Bertz CT molecular complexity index is 479. The molecule has 1 aromatic carbocycles. The second-order valence-electron chi connectivity index (χ2n) is 3.82. The van der Waals surface area contributed by atoms with Crippen molar-refractivity contribution in [3.8, 4) is 17.0 Å². The average Bonchev–Trinajstić information content (AvgIpc) is 2.84. The summed E-state index contributed by atoms with van der Waals surface area (Å²) in [6.45, 7) is 0.932. The fraction of sp³-hybridized carbons (Fsp3) is 0.308. The average molecular weight is 231 g/mol. The number of benzene rings is 1. The number of aromatic nitrogens is 2. The molecular formula is C13H17N3O. The Labute approximate surface area is 101 Å². The lowest BCUT2D eigenvalue weighted by atomic mass is 10.1. The van der Waals surface area contributed by atoms with Gasteiger partial charge in [0, 0.05) is 5.56 Å². The maximum Gasteiger partial charge on any atom is 0.128 e. The van der Waals surface area contributed by atoms with E-state index in [1.165, 1.54) is 5.56 Å². The summed E-state index contributed by atoms with van der Waals surface area (Å²) in [4.78, 5) is 0. The van der Waals surface area contributed by atoms with Gasteiger partial charge in [-0.25, -0.2) is 0 Å². The molecule has 1 aromatic heterocycles. The lowest BCUT2D eigenvalue weighted by molar-refractivity contribution is 0.416. The molecule has 4 heteroatoms. The van der Waals surface area contributed by atoms with E-state index >= 15 is 0 Å². The van der Waals surface area contributed by atoms with Crippen LogP contribution in [0.3, 0.4) is 0 Å². The monoisotopic (exact) mass is 231 g/mol. The van der Waals surface area contributed by atoms with Crippen LogP contribution in [0.2, 0.25) is 0 Å². The lowest BCUT2D eigenvalue weighted by Gasteiger charge is -2.08. The van der Waals surface area contributed by atoms with Gasteiger partial charge in [-0.3, -0.25) is 5.10 Å². The van der Waals surface area contributed by atoms with Crippen LogP contribution < -0.4 is 10.1 Å². The molecule has 0 saturated heterocycles. The summed E-state index contributed by atoms with van der Waals surface area (Å²) in [7, 11) is 3.63. The molecular weight excluding hydrogens is 214 g/mol. The zero-order valence-corrected chi connectivity index (χ0v) is 10.2. The van der Waals surface area contributed by atoms with Gasteiger partial charge in [-0.1, -0.05) is 12.1 Å². The van der Waals surface area contributed by atoms with Crippen molar-refractivity contribution in [3.05, 3.63) is 36.0 Å². The van der Waals surface area contributed by atoms with Gasteiger partial charge in [0.25, 0.3) is 0 Å². The summed E-state index contributed by atoms with van der Waals surface area (Å²) < 4.78 is 5.37. The molecule has 2 aromatic rings. The smallest absolute Gasteiger partial charge is 0.128 e. The first kappa shape index (κ1) is 11.7. The second-order valence-corrected chi connectivity index (χ2v) is 3.82. The molecule has 1 heterocycles. The standard InChI is InChI=1S/C13H17N3O/c1-14-8-7-10-9-15-16-13(10)11-5-3-4-6-12(11)17-2/h3-6,9,14H,7-8H2,1-2H3,(H,15,16). The minimum atomic E-state index is 0.863. The number of likely N-dealkylation sites (N-methyl/N-ethyl adjacent to an activating group) is 1. The van der Waals surface area contributed by atoms with Crippen LogP contribution in [0.25, 0.3) is 11.3 Å². The fourth-order valence-corrected chi connectivity index (χ4v) is 1.84. The molecule has 2 rings (SSSR count). The van der Waals surface area contributed by atoms with Gasteiger partial charge in [0.15, 0.2) is 0 Å². The minimum Gasteiger partial charge on any atom is -0.496 e. The van der Waals surface area contributed by atoms with Crippen LogP contribution in [0.1, 0.15) is 5.56 Å². The first-order valence-corrected chi connectivity index (χ1v) is 5.67. The molecule has 4 nitrogen and oxygen atoms in total. The van der Waals surface area contributed by atoms with Gasteiger partial charge < -0.3 is 10.1 Å². The maximum atomic E-state index is 5.37. The van der Waals surface area contributed by atoms with Gasteiger partial charge in [-0.2, -0.15) is 5.10 Å². The molecule has 0 aliphatic carbocycles. The molecule has 0 bridgehead atoms. The summed E-state index contributed by atoms with van der Waals surface area (Å²) in [6.07, 6.45) is 2.82. The lowest BCUT2D eigenvalue weighted by Crippen LogP contribution is -2.10. The van der Waals surface area contributed by atoms with E-state index in [2.05, 4.69) is 15.5 Å². The quantitative estimate of drug-likeness (QED) is 0.825. The zero-order chi connectivity index (χ0) is 12.1. The number of methoxy groups -OCH3 is 1. The predicted octanol–water partition coefficient (Wildman–Crippen LogP) is 1.85. The largest absolute Gasteiger partial charge is 0.496 e. The normalized spacial score (nSPS) is 10.5. The van der Waals surface area contributed by atoms with Crippen LogP contribution in [0, 0.1) is 0 Å². The number of H-pyrrole nitrogens is 1. The molecule has 2 N–H and O–H groups in total. The Kier molecular flexibility index (Phi) is 3.77. The SMILES string of the molecule is CNCCc1cn[nH]c1-c1ccccc1OC. The minimum absolute atomic E-state index is 0.863. The number of rotatable bonds is 5. The first-order valence-electron chi connectivity index (χ1n) is 5.67. The van der Waals surface area contributed by atoms with Crippen molar-refractivity contribution in [2.75, 3.05) is 20.7 Å². The summed E-state index contributed by atoms with van der Waals surface area (Å²) in [6, 6.07) is 7.96. The van der Waals surface area contributed by atoms with Gasteiger partial charge in [-0.05, 0) is 37.7 Å². The van der Waals surface area contributed by atoms with Crippen molar-refractivity contribution >= 4 is 0 Å². The van der Waals surface area contributed by atoms with Gasteiger partial charge in [0.2, 0.25) is 0 Å². The van der Waals surface area contributed by atoms with Crippen LogP contribution in [0.15, 0.2) is 30.5 Å². The molecule has 0 fully saturated rings. The predicted molar refractivity (Wildman–Crippen MR) is 68.2 cm³/mol. The molecule has 0 atom stereocenters. The number of aromatic amines is 1. The highest BCUT2D eigenvalue weighted by Crippen LogP contribution is 2.30. The van der Waals surface area contributed by atoms with E-state index in [1.54, 1.807) is 7.11 Å². The number of nitrogens with zero attached hydrogens (tertiary/aromatic N) is 1. The van der Waals surface area contributed by atoms with Crippen molar-refractivity contribution < 1.29 is 4.74 Å². The van der Waals surface area contributed by atoms with Crippen LogP contribution in [0.5, 0.6) is 5.75 Å². The molecule has 0 unspecified atom stereocenters. The summed E-state index contributed by atoms with van der Waals surface area (Å²) in [5.74, 6) is 0.863. The Balaban J connectivity index is 2.35. The molecule has 17 heavy (non-hydrogen) atoms. The summed E-state index contributed by atoms with van der Waals surface area (Å²) >= 11 is 0. The Morgan fingerprint density at radius 1 is 1.35 bits per heavy atom. The fourth-order valence-electron chi connectivity index (χ4n) is 1.84. The van der Waals surface area contributed by atoms with E-state index in [4.69, 9.17) is 4.74 Å². The molecule has 0 aliphatic rings.